The Labute approximate surface area is 190 Å². The first kappa shape index (κ1) is 25.1. The zero-order chi connectivity index (χ0) is 24.5. The molecule has 0 aliphatic carbocycles. The third kappa shape index (κ3) is 7.17. The molecule has 3 aromatic rings. The van der Waals surface area contributed by atoms with Crippen LogP contribution in [0.1, 0.15) is 52.6 Å². The average Bonchev–Trinajstić information content (AvgIpc) is 2.78. The van der Waals surface area contributed by atoms with E-state index in [0.29, 0.717) is 10.8 Å². The molecule has 0 spiro atoms. The van der Waals surface area contributed by atoms with Crippen molar-refractivity contribution in [1.29, 1.82) is 0 Å². The third-order valence-corrected chi connectivity index (χ3v) is 4.78. The normalized spacial score (nSPS) is 11.2. The molecule has 0 aromatic heterocycles. The molecule has 33 heavy (non-hydrogen) atoms. The molecule has 0 saturated heterocycles. The molecular formula is C25H25NO7. The maximum Gasteiger partial charge on any atom is 0.336 e. The number of carbonyl (C=O) groups is 4. The molecule has 1 unspecified atom stereocenters. The largest absolute Gasteiger partial charge is 0.481 e. The van der Waals surface area contributed by atoms with Crippen LogP contribution in [0.3, 0.4) is 0 Å². The zero-order valence-corrected chi connectivity index (χ0v) is 18.2. The van der Waals surface area contributed by atoms with Crippen LogP contribution in [0.25, 0.3) is 10.8 Å². The topological polar surface area (TPSA) is 141 Å². The minimum absolute atomic E-state index is 0.109. The zero-order valence-electron chi connectivity index (χ0n) is 18.2. The van der Waals surface area contributed by atoms with Crippen LogP contribution in [0.2, 0.25) is 0 Å². The van der Waals surface area contributed by atoms with Crippen LogP contribution in [0.5, 0.6) is 0 Å². The van der Waals surface area contributed by atoms with Gasteiger partial charge < -0.3 is 20.6 Å². The average molecular weight is 451 g/mol. The Hall–Kier alpha value is -4.20. The summed E-state index contributed by atoms with van der Waals surface area (Å²) < 4.78 is 0. The summed E-state index contributed by atoms with van der Waals surface area (Å²) in [5.74, 6) is -3.27. The molecule has 8 nitrogen and oxygen atoms in total. The summed E-state index contributed by atoms with van der Waals surface area (Å²) in [6, 6.07) is 17.8. The predicted octanol–water partition coefficient (Wildman–Crippen LogP) is 4.21. The summed E-state index contributed by atoms with van der Waals surface area (Å²) in [5.41, 5.74) is 1.13. The second-order valence-electron chi connectivity index (χ2n) is 7.58. The number of fused-ring (bicyclic) bond motifs is 1. The van der Waals surface area contributed by atoms with Crippen molar-refractivity contribution in [2.24, 2.45) is 5.92 Å². The van der Waals surface area contributed by atoms with Crippen LogP contribution in [-0.4, -0.2) is 39.1 Å². The Balaban J connectivity index is 0.000000234. The van der Waals surface area contributed by atoms with Crippen molar-refractivity contribution in [3.63, 3.8) is 0 Å². The van der Waals surface area contributed by atoms with Crippen LogP contribution < -0.4 is 5.32 Å². The monoisotopic (exact) mass is 451 g/mol. The highest BCUT2D eigenvalue weighted by Gasteiger charge is 2.19. The Morgan fingerprint density at radius 3 is 2.03 bits per heavy atom. The van der Waals surface area contributed by atoms with Gasteiger partial charge >= 0.3 is 17.9 Å². The van der Waals surface area contributed by atoms with Gasteiger partial charge in [-0.3, -0.25) is 9.59 Å². The molecule has 0 bridgehead atoms. The number of nitrogens with one attached hydrogen (secondary N) is 1. The summed E-state index contributed by atoms with van der Waals surface area (Å²) in [6.07, 6.45) is -0.109. The first-order chi connectivity index (χ1) is 15.6. The predicted molar refractivity (Wildman–Crippen MR) is 122 cm³/mol. The summed E-state index contributed by atoms with van der Waals surface area (Å²) in [6.45, 7) is 3.55. The van der Waals surface area contributed by atoms with Gasteiger partial charge in [-0.25, -0.2) is 9.59 Å². The van der Waals surface area contributed by atoms with Crippen molar-refractivity contribution in [2.45, 2.75) is 26.3 Å². The van der Waals surface area contributed by atoms with E-state index in [1.807, 2.05) is 30.3 Å². The van der Waals surface area contributed by atoms with E-state index in [9.17, 15) is 19.2 Å². The van der Waals surface area contributed by atoms with E-state index in [4.69, 9.17) is 15.3 Å². The van der Waals surface area contributed by atoms with Gasteiger partial charge in [0, 0.05) is 5.92 Å². The minimum Gasteiger partial charge on any atom is -0.481 e. The molecule has 0 heterocycles. The van der Waals surface area contributed by atoms with Crippen molar-refractivity contribution < 1.29 is 34.5 Å². The summed E-state index contributed by atoms with van der Waals surface area (Å²) in [7, 11) is 0. The van der Waals surface area contributed by atoms with Crippen molar-refractivity contribution in [1.82, 2.24) is 5.32 Å². The molecule has 172 valence electrons. The van der Waals surface area contributed by atoms with E-state index < -0.39 is 23.9 Å². The van der Waals surface area contributed by atoms with Crippen LogP contribution >= 0.6 is 0 Å². The molecule has 3 rings (SSSR count). The third-order valence-electron chi connectivity index (χ3n) is 4.78. The summed E-state index contributed by atoms with van der Waals surface area (Å²) >= 11 is 0. The highest BCUT2D eigenvalue weighted by atomic mass is 16.4. The Morgan fingerprint density at radius 2 is 1.48 bits per heavy atom. The molecule has 1 atom stereocenters. The summed E-state index contributed by atoms with van der Waals surface area (Å²) in [4.78, 5) is 44.1. The molecule has 0 saturated carbocycles. The van der Waals surface area contributed by atoms with E-state index in [-0.39, 0.29) is 29.4 Å². The number of hydrogen-bond donors (Lipinski definition) is 4. The molecule has 0 aliphatic rings. The number of benzene rings is 3. The van der Waals surface area contributed by atoms with Gasteiger partial charge in [-0.05, 0) is 34.5 Å². The van der Waals surface area contributed by atoms with E-state index in [1.54, 1.807) is 26.0 Å². The lowest BCUT2D eigenvalue weighted by Gasteiger charge is -2.18. The van der Waals surface area contributed by atoms with E-state index in [0.717, 1.165) is 5.56 Å². The van der Waals surface area contributed by atoms with Crippen molar-refractivity contribution in [3.8, 4) is 0 Å². The van der Waals surface area contributed by atoms with E-state index in [1.165, 1.54) is 24.3 Å². The Morgan fingerprint density at radius 1 is 0.818 bits per heavy atom. The number of aliphatic carboxylic acids is 1. The molecule has 3 aromatic carbocycles. The highest BCUT2D eigenvalue weighted by Crippen LogP contribution is 2.20. The van der Waals surface area contributed by atoms with Gasteiger partial charge in [0.1, 0.15) is 0 Å². The molecule has 0 radical (unpaired) electrons. The number of amides is 1. The summed E-state index contributed by atoms with van der Waals surface area (Å²) in [5, 5.41) is 30.5. The van der Waals surface area contributed by atoms with Crippen molar-refractivity contribution in [2.75, 3.05) is 0 Å². The quantitative estimate of drug-likeness (QED) is 0.422. The van der Waals surface area contributed by atoms with Crippen LogP contribution in [-0.2, 0) is 9.59 Å². The Kier molecular flexibility index (Phi) is 8.68. The van der Waals surface area contributed by atoms with Gasteiger partial charge in [-0.2, -0.15) is 0 Å². The fourth-order valence-corrected chi connectivity index (χ4v) is 3.05. The molecule has 1 amide bonds. The van der Waals surface area contributed by atoms with Gasteiger partial charge in [-0.1, -0.05) is 62.4 Å². The second-order valence-corrected chi connectivity index (χ2v) is 7.58. The molecule has 0 fully saturated rings. The minimum atomic E-state index is -1.03. The van der Waals surface area contributed by atoms with Gasteiger partial charge in [-0.15, -0.1) is 0 Å². The number of hydrogen-bond acceptors (Lipinski definition) is 4. The van der Waals surface area contributed by atoms with Crippen LogP contribution in [0.4, 0.5) is 0 Å². The molecule has 8 heteroatoms. The van der Waals surface area contributed by atoms with Crippen molar-refractivity contribution in [3.05, 3.63) is 83.4 Å². The smallest absolute Gasteiger partial charge is 0.336 e. The fourth-order valence-electron chi connectivity index (χ4n) is 3.05. The van der Waals surface area contributed by atoms with Crippen LogP contribution in [0.15, 0.2) is 66.7 Å². The second kappa shape index (κ2) is 11.4. The maximum atomic E-state index is 11.6. The number of carbonyl (C=O) groups excluding carboxylic acids is 1. The number of rotatable bonds is 7. The van der Waals surface area contributed by atoms with Crippen LogP contribution in [0, 0.1) is 5.92 Å². The van der Waals surface area contributed by atoms with Crippen molar-refractivity contribution >= 4 is 34.6 Å². The highest BCUT2D eigenvalue weighted by molar-refractivity contribution is 6.05. The van der Waals surface area contributed by atoms with Gasteiger partial charge in [0.2, 0.25) is 5.91 Å². The standard InChI is InChI=1S/C13H17NO3.C12H8O4/c1-9(2)13(17)14-11(8-12(15)16)10-6-4-3-5-7-10;13-11(14)8-4-5-9-7(6-8)2-1-3-10(9)12(15)16/h3-7,9,11H,8H2,1-2H3,(H,14,17)(H,15,16);1-6H,(H,13,14)(H,15,16). The van der Waals surface area contributed by atoms with Gasteiger partial charge in [0.05, 0.1) is 23.6 Å². The molecule has 4 N–H and O–H groups in total. The molecule has 0 aliphatic heterocycles. The molecular weight excluding hydrogens is 426 g/mol. The first-order valence-corrected chi connectivity index (χ1v) is 10.2. The number of aromatic carboxylic acids is 2. The SMILES string of the molecule is CC(C)C(=O)NC(CC(=O)O)c1ccccc1.O=C(O)c1ccc2c(C(=O)O)cccc2c1. The van der Waals surface area contributed by atoms with Gasteiger partial charge in [0.25, 0.3) is 0 Å². The number of carboxylic acids is 3. The number of carboxylic acid groups (broad SMARTS) is 3. The van der Waals surface area contributed by atoms with Gasteiger partial charge in [0.15, 0.2) is 0 Å². The lowest BCUT2D eigenvalue weighted by atomic mass is 10.0. The lowest BCUT2D eigenvalue weighted by molar-refractivity contribution is -0.137. The fraction of sp³-hybridized carbons (Fsp3) is 0.200. The Bertz CT molecular complexity index is 1160. The maximum absolute atomic E-state index is 11.6. The van der Waals surface area contributed by atoms with E-state index in [2.05, 4.69) is 5.32 Å². The lowest BCUT2D eigenvalue weighted by Crippen LogP contribution is -2.33. The first-order valence-electron chi connectivity index (χ1n) is 10.2. The van der Waals surface area contributed by atoms with E-state index >= 15 is 0 Å².